The highest BCUT2D eigenvalue weighted by molar-refractivity contribution is 5.21. The molecule has 1 aliphatic carbocycles. The fraction of sp³-hybridized carbons (Fsp3) is 0.625. The first-order valence-electron chi connectivity index (χ1n) is 7.24. The Bertz CT molecular complexity index is 433. The van der Waals surface area contributed by atoms with E-state index in [-0.39, 0.29) is 6.04 Å². The van der Waals surface area contributed by atoms with Crippen LogP contribution in [0.1, 0.15) is 51.6 Å². The van der Waals surface area contributed by atoms with Crippen molar-refractivity contribution in [2.45, 2.75) is 52.1 Å². The van der Waals surface area contributed by atoms with Gasteiger partial charge in [-0.15, -0.1) is 0 Å². The lowest BCUT2D eigenvalue weighted by Gasteiger charge is -2.25. The van der Waals surface area contributed by atoms with Gasteiger partial charge in [-0.25, -0.2) is 8.78 Å². The molecule has 0 heterocycles. The summed E-state index contributed by atoms with van der Waals surface area (Å²) in [5.74, 6) is -0.110. The Balaban J connectivity index is 2.01. The van der Waals surface area contributed by atoms with E-state index in [1.807, 2.05) is 6.92 Å². The zero-order valence-corrected chi connectivity index (χ0v) is 11.9. The van der Waals surface area contributed by atoms with Gasteiger partial charge in [0.05, 0.1) is 0 Å². The van der Waals surface area contributed by atoms with Gasteiger partial charge in [-0.3, -0.25) is 0 Å². The average Bonchev–Trinajstić information content (AvgIpc) is 2.73. The van der Waals surface area contributed by atoms with Gasteiger partial charge in [-0.2, -0.15) is 0 Å². The molecule has 1 N–H and O–H groups in total. The van der Waals surface area contributed by atoms with E-state index in [9.17, 15) is 8.78 Å². The molecule has 0 aromatic heterocycles. The van der Waals surface area contributed by atoms with Crippen molar-refractivity contribution in [3.05, 3.63) is 35.4 Å². The Morgan fingerprint density at radius 3 is 2.58 bits per heavy atom. The first kappa shape index (κ1) is 14.4. The molecule has 4 unspecified atom stereocenters. The number of rotatable bonds is 4. The van der Waals surface area contributed by atoms with E-state index >= 15 is 0 Å². The van der Waals surface area contributed by atoms with E-state index in [0.29, 0.717) is 12.0 Å². The molecule has 1 saturated carbocycles. The van der Waals surface area contributed by atoms with Gasteiger partial charge in [0.15, 0.2) is 11.6 Å². The van der Waals surface area contributed by atoms with Crippen molar-refractivity contribution in [2.75, 3.05) is 0 Å². The third-order valence-corrected chi connectivity index (χ3v) is 4.66. The summed E-state index contributed by atoms with van der Waals surface area (Å²) in [6.07, 6.45) is 3.66. The van der Waals surface area contributed by atoms with Gasteiger partial charge in [-0.05, 0) is 49.3 Å². The van der Waals surface area contributed by atoms with Crippen LogP contribution in [0.15, 0.2) is 18.2 Å². The van der Waals surface area contributed by atoms with Crippen molar-refractivity contribution >= 4 is 0 Å². The van der Waals surface area contributed by atoms with Crippen LogP contribution in [-0.2, 0) is 0 Å². The highest BCUT2D eigenvalue weighted by atomic mass is 19.2. The molecule has 0 saturated heterocycles. The number of benzene rings is 1. The molecule has 19 heavy (non-hydrogen) atoms. The lowest BCUT2D eigenvalue weighted by atomic mass is 9.93. The summed E-state index contributed by atoms with van der Waals surface area (Å²) in [7, 11) is 0. The molecule has 0 bridgehead atoms. The minimum Gasteiger partial charge on any atom is -0.307 e. The van der Waals surface area contributed by atoms with E-state index in [1.165, 1.54) is 31.4 Å². The second-order valence-electron chi connectivity index (χ2n) is 5.77. The van der Waals surface area contributed by atoms with Crippen molar-refractivity contribution in [2.24, 2.45) is 11.8 Å². The predicted octanol–water partition coefficient (Wildman–Crippen LogP) is 4.44. The van der Waals surface area contributed by atoms with Gasteiger partial charge in [0, 0.05) is 12.1 Å². The maximum Gasteiger partial charge on any atom is 0.159 e. The lowest BCUT2D eigenvalue weighted by molar-refractivity contribution is 0.327. The molecule has 0 aliphatic heterocycles. The second kappa shape index (κ2) is 6.00. The minimum atomic E-state index is -0.781. The van der Waals surface area contributed by atoms with Crippen LogP contribution in [0.25, 0.3) is 0 Å². The van der Waals surface area contributed by atoms with Crippen LogP contribution in [0.2, 0.25) is 0 Å². The maximum absolute atomic E-state index is 13.2. The Morgan fingerprint density at radius 1 is 1.26 bits per heavy atom. The van der Waals surface area contributed by atoms with Crippen LogP contribution in [0.3, 0.4) is 0 Å². The van der Waals surface area contributed by atoms with Crippen molar-refractivity contribution in [3.63, 3.8) is 0 Å². The van der Waals surface area contributed by atoms with Crippen molar-refractivity contribution in [1.82, 2.24) is 5.32 Å². The first-order chi connectivity index (χ1) is 9.02. The minimum absolute atomic E-state index is 0.0538. The summed E-state index contributed by atoms with van der Waals surface area (Å²) in [5, 5.41) is 3.57. The molecular weight excluding hydrogens is 244 g/mol. The standard InChI is InChI=1S/C16H23F2N/c1-4-12-6-8-16(10(12)2)19-11(3)13-5-7-14(17)15(18)9-13/h5,7,9-12,16,19H,4,6,8H2,1-3H3. The van der Waals surface area contributed by atoms with Gasteiger partial charge in [-0.1, -0.05) is 26.3 Å². The number of halogens is 2. The Morgan fingerprint density at radius 2 is 2.00 bits per heavy atom. The monoisotopic (exact) mass is 267 g/mol. The molecule has 1 fully saturated rings. The number of hydrogen-bond donors (Lipinski definition) is 1. The molecule has 3 heteroatoms. The molecule has 2 rings (SSSR count). The van der Waals surface area contributed by atoms with Crippen LogP contribution >= 0.6 is 0 Å². The molecule has 1 aliphatic rings. The molecule has 1 aromatic rings. The SMILES string of the molecule is CCC1CCC(NC(C)c2ccc(F)c(F)c2)C1C. The molecule has 106 valence electrons. The van der Waals surface area contributed by atoms with E-state index in [1.54, 1.807) is 6.07 Å². The average molecular weight is 267 g/mol. The molecule has 4 atom stereocenters. The number of nitrogens with one attached hydrogen (secondary N) is 1. The van der Waals surface area contributed by atoms with E-state index in [0.717, 1.165) is 11.5 Å². The lowest BCUT2D eigenvalue weighted by Crippen LogP contribution is -2.34. The maximum atomic E-state index is 13.2. The largest absolute Gasteiger partial charge is 0.307 e. The van der Waals surface area contributed by atoms with E-state index in [2.05, 4.69) is 19.2 Å². The summed E-state index contributed by atoms with van der Waals surface area (Å²) >= 11 is 0. The summed E-state index contributed by atoms with van der Waals surface area (Å²) in [6, 6.07) is 4.69. The Hall–Kier alpha value is -0.960. The summed E-state index contributed by atoms with van der Waals surface area (Å²) in [6.45, 7) is 6.54. The predicted molar refractivity (Wildman–Crippen MR) is 73.9 cm³/mol. The zero-order chi connectivity index (χ0) is 14.0. The van der Waals surface area contributed by atoms with Gasteiger partial charge in [0.1, 0.15) is 0 Å². The fourth-order valence-electron chi connectivity index (χ4n) is 3.26. The highest BCUT2D eigenvalue weighted by Crippen LogP contribution is 2.35. The zero-order valence-electron chi connectivity index (χ0n) is 11.9. The molecular formula is C16H23F2N. The van der Waals surface area contributed by atoms with Crippen LogP contribution in [0.4, 0.5) is 8.78 Å². The topological polar surface area (TPSA) is 12.0 Å². The van der Waals surface area contributed by atoms with E-state index < -0.39 is 11.6 Å². The summed E-state index contributed by atoms with van der Waals surface area (Å²) < 4.78 is 26.2. The summed E-state index contributed by atoms with van der Waals surface area (Å²) in [4.78, 5) is 0. The van der Waals surface area contributed by atoms with Crippen LogP contribution in [0.5, 0.6) is 0 Å². The smallest absolute Gasteiger partial charge is 0.159 e. The normalized spacial score (nSPS) is 28.6. The van der Waals surface area contributed by atoms with E-state index in [4.69, 9.17) is 0 Å². The molecule has 0 radical (unpaired) electrons. The van der Waals surface area contributed by atoms with Crippen LogP contribution in [0, 0.1) is 23.5 Å². The van der Waals surface area contributed by atoms with Crippen molar-refractivity contribution < 1.29 is 8.78 Å². The van der Waals surface area contributed by atoms with Crippen LogP contribution < -0.4 is 5.32 Å². The Kier molecular flexibility index (Phi) is 4.56. The molecule has 0 spiro atoms. The number of hydrogen-bond acceptors (Lipinski definition) is 1. The fourth-order valence-corrected chi connectivity index (χ4v) is 3.26. The molecule has 1 nitrogen and oxygen atoms in total. The molecule has 0 amide bonds. The van der Waals surface area contributed by atoms with Gasteiger partial charge >= 0.3 is 0 Å². The quantitative estimate of drug-likeness (QED) is 0.850. The third-order valence-electron chi connectivity index (χ3n) is 4.66. The van der Waals surface area contributed by atoms with Crippen LogP contribution in [-0.4, -0.2) is 6.04 Å². The van der Waals surface area contributed by atoms with Crippen molar-refractivity contribution in [1.29, 1.82) is 0 Å². The Labute approximate surface area is 114 Å². The van der Waals surface area contributed by atoms with Crippen molar-refractivity contribution in [3.8, 4) is 0 Å². The highest BCUT2D eigenvalue weighted by Gasteiger charge is 2.32. The molecule has 1 aromatic carbocycles. The van der Waals surface area contributed by atoms with Gasteiger partial charge < -0.3 is 5.32 Å². The second-order valence-corrected chi connectivity index (χ2v) is 5.77. The third kappa shape index (κ3) is 3.14. The van der Waals surface area contributed by atoms with Gasteiger partial charge in [0.25, 0.3) is 0 Å². The first-order valence-corrected chi connectivity index (χ1v) is 7.24. The van der Waals surface area contributed by atoms with Gasteiger partial charge in [0.2, 0.25) is 0 Å². The summed E-state index contributed by atoms with van der Waals surface area (Å²) in [5.41, 5.74) is 0.811.